The number of amides is 2. The number of fused-ring (bicyclic) bond motifs is 1. The second-order valence-electron chi connectivity index (χ2n) is 6.78. The summed E-state index contributed by atoms with van der Waals surface area (Å²) < 4.78 is 7.80. The van der Waals surface area contributed by atoms with Crippen molar-refractivity contribution in [1.82, 2.24) is 15.1 Å². The van der Waals surface area contributed by atoms with Gasteiger partial charge in [0.05, 0.1) is 11.9 Å². The summed E-state index contributed by atoms with van der Waals surface area (Å²) in [4.78, 5) is 26.9. The predicted octanol–water partition coefficient (Wildman–Crippen LogP) is 3.22. The maximum Gasteiger partial charge on any atom is 0.342 e. The van der Waals surface area contributed by atoms with Gasteiger partial charge in [0.15, 0.2) is 0 Å². The molecule has 0 bridgehead atoms. The first-order valence-corrected chi connectivity index (χ1v) is 9.89. The second kappa shape index (κ2) is 8.08. The number of likely N-dealkylation sites (N-methyl/N-ethyl adjacent to an activating group) is 1. The first-order valence-electron chi connectivity index (χ1n) is 9.09. The maximum absolute atomic E-state index is 12.8. The molecule has 0 radical (unpaired) electrons. The molecule has 0 fully saturated rings. The molecule has 4 rings (SSSR count). The summed E-state index contributed by atoms with van der Waals surface area (Å²) in [7, 11) is 1.66. The summed E-state index contributed by atoms with van der Waals surface area (Å²) in [6.45, 7) is 0.0433. The summed E-state index contributed by atoms with van der Waals surface area (Å²) in [6.07, 6.45) is 3.99. The Labute approximate surface area is 176 Å². The Morgan fingerprint density at radius 3 is 2.83 bits per heavy atom. The molecular weight excluding hydrogens is 436 g/mol. The van der Waals surface area contributed by atoms with Crippen molar-refractivity contribution >= 4 is 33.6 Å². The number of nitrogens with zero attached hydrogens (tertiary/aromatic N) is 3. The number of carbonyl (C=O) groups excluding carboxylic acids is 2. The van der Waals surface area contributed by atoms with Crippen LogP contribution in [0.1, 0.15) is 11.1 Å². The van der Waals surface area contributed by atoms with E-state index >= 15 is 0 Å². The fraction of sp³-hybridized carbons (Fsp3) is 0.190. The van der Waals surface area contributed by atoms with E-state index in [0.29, 0.717) is 17.9 Å². The van der Waals surface area contributed by atoms with Crippen molar-refractivity contribution in [2.75, 3.05) is 18.6 Å². The Hall–Kier alpha value is -3.13. The summed E-state index contributed by atoms with van der Waals surface area (Å²) in [6, 6.07) is 14.1. The van der Waals surface area contributed by atoms with Gasteiger partial charge >= 0.3 is 6.03 Å². The minimum Gasteiger partial charge on any atom is -0.489 e. The van der Waals surface area contributed by atoms with Gasteiger partial charge in [0, 0.05) is 24.1 Å². The molecule has 1 aliphatic rings. The molecule has 29 heavy (non-hydrogen) atoms. The van der Waals surface area contributed by atoms with E-state index in [4.69, 9.17) is 4.74 Å². The molecular formula is C21H19BrN4O3. The summed E-state index contributed by atoms with van der Waals surface area (Å²) >= 11 is 3.40. The van der Waals surface area contributed by atoms with Crippen LogP contribution in [0.3, 0.4) is 0 Å². The van der Waals surface area contributed by atoms with Crippen molar-refractivity contribution < 1.29 is 14.3 Å². The van der Waals surface area contributed by atoms with Crippen LogP contribution in [0.2, 0.25) is 0 Å². The minimum absolute atomic E-state index is 0.0433. The van der Waals surface area contributed by atoms with E-state index < -0.39 is 12.1 Å². The van der Waals surface area contributed by atoms with Crippen molar-refractivity contribution in [3.8, 4) is 5.75 Å². The molecule has 2 aromatic carbocycles. The molecule has 1 N–H and O–H groups in total. The summed E-state index contributed by atoms with van der Waals surface area (Å²) in [5, 5.41) is 6.84. The maximum atomic E-state index is 12.8. The van der Waals surface area contributed by atoms with Gasteiger partial charge < -0.3 is 15.0 Å². The molecule has 7 nitrogen and oxygen atoms in total. The van der Waals surface area contributed by atoms with E-state index in [2.05, 4.69) is 26.3 Å². The standard InChI is InChI=1S/C21H19BrN4O3/c1-25-18-10-16(22)7-8-19(18)29-13-17(20(25)27)24-21(28)26-12-15(11-23-26)9-14-5-3-2-4-6-14/h2-8,10-12,17H,9,13H2,1H3,(H,24,28)/t17-/m1/s1. The van der Waals surface area contributed by atoms with Gasteiger partial charge in [0.25, 0.3) is 5.91 Å². The third-order valence-corrected chi connectivity index (χ3v) is 5.20. The normalized spacial score (nSPS) is 16.0. The van der Waals surface area contributed by atoms with Crippen LogP contribution in [0.4, 0.5) is 10.5 Å². The molecule has 1 aliphatic heterocycles. The lowest BCUT2D eigenvalue weighted by atomic mass is 10.1. The quantitative estimate of drug-likeness (QED) is 0.658. The zero-order valence-electron chi connectivity index (χ0n) is 15.7. The monoisotopic (exact) mass is 454 g/mol. The number of halogens is 1. The molecule has 0 aliphatic carbocycles. The van der Waals surface area contributed by atoms with E-state index in [-0.39, 0.29) is 12.5 Å². The number of ether oxygens (including phenoxy) is 1. The third-order valence-electron chi connectivity index (χ3n) is 4.71. The van der Waals surface area contributed by atoms with Crippen LogP contribution < -0.4 is 15.0 Å². The second-order valence-corrected chi connectivity index (χ2v) is 7.69. The predicted molar refractivity (Wildman–Crippen MR) is 112 cm³/mol. The fourth-order valence-corrected chi connectivity index (χ4v) is 3.53. The molecule has 2 heterocycles. The van der Waals surface area contributed by atoms with Crippen LogP contribution in [0.25, 0.3) is 0 Å². The van der Waals surface area contributed by atoms with Crippen LogP contribution in [-0.4, -0.2) is 41.4 Å². The van der Waals surface area contributed by atoms with Crippen molar-refractivity contribution in [1.29, 1.82) is 0 Å². The van der Waals surface area contributed by atoms with Crippen molar-refractivity contribution in [3.05, 3.63) is 76.5 Å². The van der Waals surface area contributed by atoms with Crippen LogP contribution in [-0.2, 0) is 11.2 Å². The molecule has 1 aromatic heterocycles. The smallest absolute Gasteiger partial charge is 0.342 e. The van der Waals surface area contributed by atoms with Gasteiger partial charge in [-0.2, -0.15) is 9.78 Å². The Kier molecular flexibility index (Phi) is 5.35. The highest BCUT2D eigenvalue weighted by Gasteiger charge is 2.31. The van der Waals surface area contributed by atoms with Gasteiger partial charge in [0.1, 0.15) is 18.4 Å². The molecule has 1 atom stereocenters. The zero-order chi connectivity index (χ0) is 20.4. The lowest BCUT2D eigenvalue weighted by molar-refractivity contribution is -0.120. The highest BCUT2D eigenvalue weighted by molar-refractivity contribution is 9.10. The van der Waals surface area contributed by atoms with Gasteiger partial charge in [-0.25, -0.2) is 4.79 Å². The SMILES string of the molecule is CN1C(=O)[C@H](NC(=O)n2cc(Cc3ccccc3)cn2)COc2ccc(Br)cc21. The van der Waals surface area contributed by atoms with Gasteiger partial charge in [-0.05, 0) is 29.3 Å². The highest BCUT2D eigenvalue weighted by atomic mass is 79.9. The van der Waals surface area contributed by atoms with Gasteiger partial charge in [-0.1, -0.05) is 46.3 Å². The zero-order valence-corrected chi connectivity index (χ0v) is 17.3. The van der Waals surface area contributed by atoms with E-state index in [1.54, 1.807) is 31.6 Å². The highest BCUT2D eigenvalue weighted by Crippen LogP contribution is 2.33. The van der Waals surface area contributed by atoms with Crippen LogP contribution >= 0.6 is 15.9 Å². The van der Waals surface area contributed by atoms with E-state index in [9.17, 15) is 9.59 Å². The molecule has 8 heteroatoms. The fourth-order valence-electron chi connectivity index (χ4n) is 3.18. The van der Waals surface area contributed by atoms with Crippen LogP contribution in [0.15, 0.2) is 65.4 Å². The first kappa shape index (κ1) is 19.2. The van der Waals surface area contributed by atoms with E-state index in [1.165, 1.54) is 9.58 Å². The molecule has 148 valence electrons. The summed E-state index contributed by atoms with van der Waals surface area (Å²) in [5.41, 5.74) is 2.68. The number of anilines is 1. The summed E-state index contributed by atoms with van der Waals surface area (Å²) in [5.74, 6) is 0.330. The first-order chi connectivity index (χ1) is 14.0. The Bertz CT molecular complexity index is 1050. The van der Waals surface area contributed by atoms with Crippen LogP contribution in [0, 0.1) is 0 Å². The lowest BCUT2D eigenvalue weighted by Gasteiger charge is -2.20. The van der Waals surface area contributed by atoms with Gasteiger partial charge in [0.2, 0.25) is 0 Å². The number of benzene rings is 2. The number of nitrogens with one attached hydrogen (secondary N) is 1. The minimum atomic E-state index is -0.819. The average Bonchev–Trinajstić information content (AvgIpc) is 3.16. The van der Waals surface area contributed by atoms with Crippen LogP contribution in [0.5, 0.6) is 5.75 Å². The number of aromatic nitrogens is 2. The number of rotatable bonds is 3. The van der Waals surface area contributed by atoms with Gasteiger partial charge in [-0.3, -0.25) is 4.79 Å². The van der Waals surface area contributed by atoms with Crippen molar-refractivity contribution in [3.63, 3.8) is 0 Å². The number of hydrogen-bond donors (Lipinski definition) is 1. The molecule has 2 amide bonds. The molecule has 3 aromatic rings. The van der Waals surface area contributed by atoms with Crippen molar-refractivity contribution in [2.24, 2.45) is 0 Å². The molecule has 0 unspecified atom stereocenters. The van der Waals surface area contributed by atoms with Crippen molar-refractivity contribution in [2.45, 2.75) is 12.5 Å². The largest absolute Gasteiger partial charge is 0.489 e. The topological polar surface area (TPSA) is 76.5 Å². The van der Waals surface area contributed by atoms with E-state index in [1.807, 2.05) is 36.4 Å². The number of hydrogen-bond acceptors (Lipinski definition) is 4. The Balaban J connectivity index is 1.45. The van der Waals surface area contributed by atoms with E-state index in [0.717, 1.165) is 15.6 Å². The third kappa shape index (κ3) is 4.17. The molecule has 0 saturated heterocycles. The Morgan fingerprint density at radius 2 is 2.03 bits per heavy atom. The average molecular weight is 455 g/mol. The lowest BCUT2D eigenvalue weighted by Crippen LogP contribution is -2.50. The molecule has 0 spiro atoms. The van der Waals surface area contributed by atoms with Gasteiger partial charge in [-0.15, -0.1) is 0 Å². The number of carbonyl (C=O) groups is 2. The Morgan fingerprint density at radius 1 is 1.24 bits per heavy atom. The molecule has 0 saturated carbocycles.